The van der Waals surface area contributed by atoms with E-state index in [-0.39, 0.29) is 28.3 Å². The summed E-state index contributed by atoms with van der Waals surface area (Å²) in [4.78, 5) is 0. The molecule has 2 nitrogen and oxygen atoms in total. The van der Waals surface area contributed by atoms with Crippen LogP contribution in [0.15, 0.2) is 42.5 Å². The molecule has 1 aliphatic carbocycles. The lowest BCUT2D eigenvalue weighted by molar-refractivity contribution is -0.0544. The Morgan fingerprint density at radius 1 is 0.955 bits per heavy atom. The van der Waals surface area contributed by atoms with Crippen LogP contribution in [-0.2, 0) is 0 Å². The minimum Gasteiger partial charge on any atom is -0.325 e. The monoisotopic (exact) mass is 300 g/mol. The van der Waals surface area contributed by atoms with Crippen molar-refractivity contribution in [3.05, 3.63) is 48.0 Å². The van der Waals surface area contributed by atoms with Crippen LogP contribution >= 0.6 is 0 Å². The zero-order chi connectivity index (χ0) is 16.8. The van der Waals surface area contributed by atoms with E-state index in [4.69, 9.17) is 11.5 Å². The first-order chi connectivity index (χ1) is 10.1. The molecule has 1 aromatic carbocycles. The van der Waals surface area contributed by atoms with Gasteiger partial charge >= 0.3 is 0 Å². The van der Waals surface area contributed by atoms with Crippen LogP contribution in [0, 0.1) is 22.2 Å². The lowest BCUT2D eigenvalue weighted by Gasteiger charge is -2.60. The van der Waals surface area contributed by atoms with Gasteiger partial charge in [0.15, 0.2) is 0 Å². The second-order valence-electron chi connectivity index (χ2n) is 8.24. The highest BCUT2D eigenvalue weighted by molar-refractivity contribution is 5.26. The predicted octanol–water partition coefficient (Wildman–Crippen LogP) is 4.28. The smallest absolute Gasteiger partial charge is 0.0457 e. The summed E-state index contributed by atoms with van der Waals surface area (Å²) >= 11 is 0. The van der Waals surface area contributed by atoms with Crippen molar-refractivity contribution < 1.29 is 0 Å². The van der Waals surface area contributed by atoms with Crippen molar-refractivity contribution in [3.63, 3.8) is 0 Å². The van der Waals surface area contributed by atoms with Gasteiger partial charge in [0, 0.05) is 17.5 Å². The Kier molecular flexibility index (Phi) is 4.31. The Balaban J connectivity index is 2.43. The average Bonchev–Trinajstić information content (AvgIpc) is 2.49. The summed E-state index contributed by atoms with van der Waals surface area (Å²) in [6, 6.07) is 9.91. The highest BCUT2D eigenvalue weighted by Gasteiger charge is 2.56. The number of rotatable bonds is 3. The van der Waals surface area contributed by atoms with Gasteiger partial charge in [0.05, 0.1) is 0 Å². The first-order valence-corrected chi connectivity index (χ1v) is 8.31. The second kappa shape index (κ2) is 5.50. The summed E-state index contributed by atoms with van der Waals surface area (Å²) in [6.07, 6.45) is 4.64. The van der Waals surface area contributed by atoms with Gasteiger partial charge in [-0.25, -0.2) is 0 Å². The van der Waals surface area contributed by atoms with Crippen molar-refractivity contribution in [2.75, 3.05) is 0 Å². The number of hydrogen-bond acceptors (Lipinski definition) is 2. The molecule has 0 heterocycles. The van der Waals surface area contributed by atoms with Crippen molar-refractivity contribution in [1.82, 2.24) is 0 Å². The van der Waals surface area contributed by atoms with Gasteiger partial charge in [0.25, 0.3) is 0 Å². The summed E-state index contributed by atoms with van der Waals surface area (Å²) < 4.78 is 0. The molecule has 0 radical (unpaired) electrons. The maximum Gasteiger partial charge on any atom is 0.0457 e. The summed E-state index contributed by atoms with van der Waals surface area (Å²) in [7, 11) is 0. The van der Waals surface area contributed by atoms with Gasteiger partial charge in [-0.1, -0.05) is 84.0 Å². The fourth-order valence-electron chi connectivity index (χ4n) is 3.84. The van der Waals surface area contributed by atoms with Gasteiger partial charge in [-0.15, -0.1) is 0 Å². The maximum atomic E-state index is 6.72. The molecule has 0 aliphatic heterocycles. The van der Waals surface area contributed by atoms with E-state index in [1.54, 1.807) is 0 Å². The Labute approximate surface area is 136 Å². The van der Waals surface area contributed by atoms with E-state index in [9.17, 15) is 0 Å². The highest BCUT2D eigenvalue weighted by Crippen LogP contribution is 2.60. The number of nitrogens with two attached hydrogens (primary N) is 2. The molecule has 2 heteroatoms. The van der Waals surface area contributed by atoms with Crippen LogP contribution in [-0.4, -0.2) is 6.04 Å². The van der Waals surface area contributed by atoms with E-state index in [0.717, 1.165) is 5.56 Å². The topological polar surface area (TPSA) is 52.0 Å². The third kappa shape index (κ3) is 2.33. The van der Waals surface area contributed by atoms with E-state index >= 15 is 0 Å². The highest BCUT2D eigenvalue weighted by atomic mass is 14.8. The van der Waals surface area contributed by atoms with Gasteiger partial charge in [0.2, 0.25) is 0 Å². The third-order valence-electron chi connectivity index (χ3n) is 7.09. The fourth-order valence-corrected chi connectivity index (χ4v) is 3.84. The lowest BCUT2D eigenvalue weighted by atomic mass is 9.45. The number of benzene rings is 1. The van der Waals surface area contributed by atoms with E-state index in [2.05, 4.69) is 65.8 Å². The molecular weight excluding hydrogens is 268 g/mol. The van der Waals surface area contributed by atoms with Gasteiger partial charge in [-0.2, -0.15) is 0 Å². The summed E-state index contributed by atoms with van der Waals surface area (Å²) in [6.45, 7) is 13.9. The molecule has 0 aromatic heterocycles. The molecule has 4 unspecified atom stereocenters. The first-order valence-electron chi connectivity index (χ1n) is 8.31. The Hall–Kier alpha value is -1.12. The molecule has 0 fully saturated rings. The molecular formula is C20H32N2. The number of hydrogen-bond donors (Lipinski definition) is 2. The summed E-state index contributed by atoms with van der Waals surface area (Å²) in [5.41, 5.74) is 14.4. The molecule has 0 saturated carbocycles. The van der Waals surface area contributed by atoms with Gasteiger partial charge in [0.1, 0.15) is 0 Å². The molecule has 122 valence electrons. The lowest BCUT2D eigenvalue weighted by Crippen LogP contribution is -2.60. The third-order valence-corrected chi connectivity index (χ3v) is 7.09. The molecule has 1 aliphatic rings. The van der Waals surface area contributed by atoms with E-state index in [1.165, 1.54) is 0 Å². The predicted molar refractivity (Wildman–Crippen MR) is 95.3 cm³/mol. The van der Waals surface area contributed by atoms with Crippen LogP contribution in [0.1, 0.15) is 53.1 Å². The average molecular weight is 300 g/mol. The zero-order valence-electron chi connectivity index (χ0n) is 14.9. The molecule has 0 bridgehead atoms. The fraction of sp³-hybridized carbons (Fsp3) is 0.600. The van der Waals surface area contributed by atoms with Crippen LogP contribution in [0.4, 0.5) is 0 Å². The van der Waals surface area contributed by atoms with Crippen LogP contribution in [0.25, 0.3) is 0 Å². The standard InChI is InChI=1S/C20H32N2/c1-14-12-13-20(6,19(4,5)18(14,2)3)17(22)16(21)15-10-8-7-9-11-15/h7-14,16-17H,21-22H2,1-6H3. The van der Waals surface area contributed by atoms with Crippen LogP contribution in [0.2, 0.25) is 0 Å². The summed E-state index contributed by atoms with van der Waals surface area (Å²) in [5, 5.41) is 0. The van der Waals surface area contributed by atoms with E-state index in [0.29, 0.717) is 5.92 Å². The molecule has 4 N–H and O–H groups in total. The zero-order valence-corrected chi connectivity index (χ0v) is 14.9. The van der Waals surface area contributed by atoms with Crippen molar-refractivity contribution >= 4 is 0 Å². The van der Waals surface area contributed by atoms with Gasteiger partial charge in [-0.05, 0) is 22.3 Å². The normalized spacial score (nSPS) is 32.5. The van der Waals surface area contributed by atoms with Crippen molar-refractivity contribution in [3.8, 4) is 0 Å². The van der Waals surface area contributed by atoms with Crippen molar-refractivity contribution in [2.45, 2.75) is 53.6 Å². The Morgan fingerprint density at radius 2 is 1.50 bits per heavy atom. The van der Waals surface area contributed by atoms with Crippen LogP contribution in [0.3, 0.4) is 0 Å². The molecule has 2 rings (SSSR count). The minimum absolute atomic E-state index is 0.0417. The van der Waals surface area contributed by atoms with Crippen LogP contribution in [0.5, 0.6) is 0 Å². The molecule has 0 saturated heterocycles. The SMILES string of the molecule is CC1C=CC(C)(C(N)C(N)c2ccccc2)C(C)(C)C1(C)C. The second-order valence-corrected chi connectivity index (χ2v) is 8.24. The van der Waals surface area contributed by atoms with E-state index in [1.807, 2.05) is 18.2 Å². The molecule has 22 heavy (non-hydrogen) atoms. The quantitative estimate of drug-likeness (QED) is 0.819. The molecule has 1 aromatic rings. The molecule has 0 amide bonds. The van der Waals surface area contributed by atoms with Gasteiger partial charge < -0.3 is 11.5 Å². The van der Waals surface area contributed by atoms with E-state index < -0.39 is 0 Å². The summed E-state index contributed by atoms with van der Waals surface area (Å²) in [5.74, 6) is 0.524. The van der Waals surface area contributed by atoms with Crippen LogP contribution < -0.4 is 11.5 Å². The van der Waals surface area contributed by atoms with Crippen molar-refractivity contribution in [2.24, 2.45) is 33.6 Å². The largest absolute Gasteiger partial charge is 0.325 e. The molecule has 0 spiro atoms. The number of allylic oxidation sites excluding steroid dienone is 1. The van der Waals surface area contributed by atoms with Crippen molar-refractivity contribution in [1.29, 1.82) is 0 Å². The Morgan fingerprint density at radius 3 is 2.05 bits per heavy atom. The maximum absolute atomic E-state index is 6.72. The minimum atomic E-state index is -0.167. The first kappa shape index (κ1) is 17.2. The molecule has 4 atom stereocenters. The Bertz CT molecular complexity index is 544. The van der Waals surface area contributed by atoms with Gasteiger partial charge in [-0.3, -0.25) is 0 Å².